The van der Waals surface area contributed by atoms with Gasteiger partial charge in [0.1, 0.15) is 7.05 Å². The summed E-state index contributed by atoms with van der Waals surface area (Å²) < 4.78 is 4.39. The van der Waals surface area contributed by atoms with Crippen molar-refractivity contribution in [3.8, 4) is 0 Å². The molecule has 1 aliphatic heterocycles. The molecule has 70 valence electrons. The van der Waals surface area contributed by atoms with Crippen molar-refractivity contribution >= 4 is 0 Å². The first kappa shape index (κ1) is 8.63. The Balaban J connectivity index is 2.10. The number of nitrogens with one attached hydrogen (secondary N) is 1. The second-order valence-electron chi connectivity index (χ2n) is 3.69. The minimum Gasteiger partial charge on any atom is -0.316 e. The second kappa shape index (κ2) is 3.83. The third-order valence-electron chi connectivity index (χ3n) is 2.68. The van der Waals surface area contributed by atoms with Crippen molar-refractivity contribution in [1.82, 2.24) is 5.32 Å². The van der Waals surface area contributed by atoms with Crippen LogP contribution in [0.1, 0.15) is 18.9 Å². The number of aromatic nitrogens is 2. The van der Waals surface area contributed by atoms with Crippen molar-refractivity contribution < 1.29 is 9.13 Å². The Labute approximate surface area is 79.0 Å². The molecular weight excluding hydrogens is 162 g/mol. The molecule has 0 aromatic carbocycles. The van der Waals surface area contributed by atoms with E-state index in [1.165, 1.54) is 12.8 Å². The molecule has 1 N–H and O–H groups in total. The molecule has 0 amide bonds. The van der Waals surface area contributed by atoms with Gasteiger partial charge >= 0.3 is 0 Å². The zero-order valence-corrected chi connectivity index (χ0v) is 8.11. The molecule has 1 aliphatic rings. The molecule has 0 bridgehead atoms. The van der Waals surface area contributed by atoms with Gasteiger partial charge in [-0.15, -0.1) is 0 Å². The van der Waals surface area contributed by atoms with Gasteiger partial charge in [-0.3, -0.25) is 0 Å². The highest BCUT2D eigenvalue weighted by molar-refractivity contribution is 4.65. The van der Waals surface area contributed by atoms with E-state index in [4.69, 9.17) is 0 Å². The number of rotatable bonds is 1. The van der Waals surface area contributed by atoms with Crippen LogP contribution in [0.15, 0.2) is 24.8 Å². The van der Waals surface area contributed by atoms with Gasteiger partial charge in [0.05, 0.1) is 0 Å². The molecule has 3 nitrogen and oxygen atoms in total. The molecule has 1 aromatic heterocycles. The maximum Gasteiger partial charge on any atom is 0.233 e. The Morgan fingerprint density at radius 1 is 1.08 bits per heavy atom. The third kappa shape index (κ3) is 2.04. The van der Waals surface area contributed by atoms with E-state index in [1.807, 2.05) is 7.05 Å². The summed E-state index contributed by atoms with van der Waals surface area (Å²) in [6.07, 6.45) is 11.0. The molecule has 3 heteroatoms. The predicted molar refractivity (Wildman–Crippen MR) is 49.0 cm³/mol. The highest BCUT2D eigenvalue weighted by Crippen LogP contribution is 2.09. The van der Waals surface area contributed by atoms with E-state index >= 15 is 0 Å². The minimum absolute atomic E-state index is 0.697. The number of hydrogen-bond donors (Lipinski definition) is 1. The van der Waals surface area contributed by atoms with E-state index < -0.39 is 0 Å². The first-order valence-corrected chi connectivity index (χ1v) is 4.93. The summed E-state index contributed by atoms with van der Waals surface area (Å²) in [6.45, 7) is 2.30. The van der Waals surface area contributed by atoms with Crippen LogP contribution in [0.3, 0.4) is 0 Å². The largest absolute Gasteiger partial charge is 0.316 e. The SMILES string of the molecule is C[n+]1cc[n+](C2CCNCC2)cc1. The Hall–Kier alpha value is -0.960. The van der Waals surface area contributed by atoms with E-state index in [9.17, 15) is 0 Å². The summed E-state index contributed by atoms with van der Waals surface area (Å²) in [7, 11) is 2.05. The highest BCUT2D eigenvalue weighted by Gasteiger charge is 2.21. The van der Waals surface area contributed by atoms with Gasteiger partial charge in [0.25, 0.3) is 0 Å². The molecular formula is C10H17N3+2. The molecule has 0 atom stereocenters. The van der Waals surface area contributed by atoms with Crippen molar-refractivity contribution in [3.63, 3.8) is 0 Å². The molecule has 1 fully saturated rings. The fourth-order valence-electron chi connectivity index (χ4n) is 1.81. The van der Waals surface area contributed by atoms with Crippen LogP contribution in [0.5, 0.6) is 0 Å². The summed E-state index contributed by atoms with van der Waals surface area (Å²) in [4.78, 5) is 0. The third-order valence-corrected chi connectivity index (χ3v) is 2.68. The van der Waals surface area contributed by atoms with Crippen LogP contribution in [0.2, 0.25) is 0 Å². The smallest absolute Gasteiger partial charge is 0.233 e. The number of hydrogen-bond acceptors (Lipinski definition) is 1. The fraction of sp³-hybridized carbons (Fsp3) is 0.600. The van der Waals surface area contributed by atoms with E-state index in [2.05, 4.69) is 39.2 Å². The quantitative estimate of drug-likeness (QED) is 0.588. The van der Waals surface area contributed by atoms with Gasteiger partial charge in [-0.05, 0) is 0 Å². The molecule has 1 saturated heterocycles. The van der Waals surface area contributed by atoms with Crippen LogP contribution < -0.4 is 14.5 Å². The van der Waals surface area contributed by atoms with Gasteiger partial charge in [-0.2, -0.15) is 9.13 Å². The van der Waals surface area contributed by atoms with Crippen molar-refractivity contribution in [2.24, 2.45) is 7.05 Å². The monoisotopic (exact) mass is 179 g/mol. The van der Waals surface area contributed by atoms with Gasteiger partial charge in [0, 0.05) is 25.9 Å². The fourth-order valence-corrected chi connectivity index (χ4v) is 1.81. The van der Waals surface area contributed by atoms with Crippen molar-refractivity contribution in [1.29, 1.82) is 0 Å². The van der Waals surface area contributed by atoms with E-state index in [0.29, 0.717) is 6.04 Å². The first-order valence-electron chi connectivity index (χ1n) is 4.93. The first-order chi connectivity index (χ1) is 6.36. The molecule has 13 heavy (non-hydrogen) atoms. The normalized spacial score (nSPS) is 18.8. The molecule has 0 unspecified atom stereocenters. The maximum atomic E-state index is 3.38. The lowest BCUT2D eigenvalue weighted by atomic mass is 10.1. The zero-order valence-electron chi connectivity index (χ0n) is 8.11. The number of piperidine rings is 1. The van der Waals surface area contributed by atoms with Crippen LogP contribution in [0.4, 0.5) is 0 Å². The lowest BCUT2D eigenvalue weighted by Gasteiger charge is -2.17. The average Bonchev–Trinajstić information content (AvgIpc) is 2.20. The number of aryl methyl sites for hydroxylation is 1. The Morgan fingerprint density at radius 2 is 1.69 bits per heavy atom. The summed E-state index contributed by atoms with van der Waals surface area (Å²) in [6, 6.07) is 0.697. The Kier molecular flexibility index (Phi) is 2.54. The van der Waals surface area contributed by atoms with Crippen molar-refractivity contribution in [3.05, 3.63) is 24.8 Å². The molecule has 0 saturated carbocycles. The number of nitrogens with zero attached hydrogens (tertiary/aromatic N) is 2. The zero-order chi connectivity index (χ0) is 9.10. The lowest BCUT2D eigenvalue weighted by Crippen LogP contribution is -2.47. The highest BCUT2D eigenvalue weighted by atomic mass is 15.0. The summed E-state index contributed by atoms with van der Waals surface area (Å²) >= 11 is 0. The van der Waals surface area contributed by atoms with Crippen LogP contribution in [0.25, 0.3) is 0 Å². The summed E-state index contributed by atoms with van der Waals surface area (Å²) in [5.41, 5.74) is 0. The second-order valence-corrected chi connectivity index (χ2v) is 3.69. The standard InChI is InChI=1S/C10H17N3/c1-12-6-8-13(9-7-12)10-2-4-11-5-3-10/h6-11H,2-5H2,1H3/q+2. The Morgan fingerprint density at radius 3 is 2.31 bits per heavy atom. The molecule has 0 aliphatic carbocycles. The summed E-state index contributed by atoms with van der Waals surface area (Å²) in [5, 5.41) is 3.38. The van der Waals surface area contributed by atoms with Gasteiger partial charge in [0.2, 0.25) is 24.8 Å². The molecule has 0 radical (unpaired) electrons. The van der Waals surface area contributed by atoms with Crippen LogP contribution in [-0.4, -0.2) is 13.1 Å². The molecule has 2 heterocycles. The average molecular weight is 179 g/mol. The van der Waals surface area contributed by atoms with Gasteiger partial charge in [-0.25, -0.2) is 0 Å². The van der Waals surface area contributed by atoms with Gasteiger partial charge in [0.15, 0.2) is 6.04 Å². The summed E-state index contributed by atoms with van der Waals surface area (Å²) in [5.74, 6) is 0. The van der Waals surface area contributed by atoms with Crippen LogP contribution in [-0.2, 0) is 7.05 Å². The maximum absolute atomic E-state index is 3.38. The van der Waals surface area contributed by atoms with Crippen molar-refractivity contribution in [2.45, 2.75) is 18.9 Å². The van der Waals surface area contributed by atoms with E-state index in [-0.39, 0.29) is 0 Å². The Bertz CT molecular complexity index is 262. The minimum atomic E-state index is 0.697. The van der Waals surface area contributed by atoms with Gasteiger partial charge < -0.3 is 5.32 Å². The predicted octanol–water partition coefficient (Wildman–Crippen LogP) is -0.277. The molecule has 2 rings (SSSR count). The van der Waals surface area contributed by atoms with Crippen LogP contribution in [0, 0.1) is 0 Å². The van der Waals surface area contributed by atoms with E-state index in [0.717, 1.165) is 13.1 Å². The van der Waals surface area contributed by atoms with E-state index in [1.54, 1.807) is 0 Å². The molecule has 0 spiro atoms. The topological polar surface area (TPSA) is 19.8 Å². The molecule has 1 aromatic rings. The van der Waals surface area contributed by atoms with Crippen molar-refractivity contribution in [2.75, 3.05) is 13.1 Å². The van der Waals surface area contributed by atoms with Gasteiger partial charge in [-0.1, -0.05) is 0 Å². The van der Waals surface area contributed by atoms with Crippen LogP contribution >= 0.6 is 0 Å². The lowest BCUT2D eigenvalue weighted by molar-refractivity contribution is -0.757.